The molecule has 0 atom stereocenters. The van der Waals surface area contributed by atoms with Gasteiger partial charge in [-0.15, -0.1) is 0 Å². The smallest absolute Gasteiger partial charge is 0.128 e. The van der Waals surface area contributed by atoms with Crippen LogP contribution in [0.5, 0.6) is 0 Å². The lowest BCUT2D eigenvalue weighted by molar-refractivity contribution is 1.12. The van der Waals surface area contributed by atoms with Crippen molar-refractivity contribution in [3.8, 4) is 6.07 Å². The summed E-state index contributed by atoms with van der Waals surface area (Å²) in [4.78, 5) is 4.53. The highest BCUT2D eigenvalue weighted by Gasteiger charge is 2.05. The SMILES string of the molecule is N#Cc1cc(NCc2cccc(Cl)c2)nc2ccccc12. The second-order valence-corrected chi connectivity index (χ2v) is 5.10. The molecule has 0 aliphatic rings. The third-order valence-corrected chi connectivity index (χ3v) is 3.43. The molecule has 0 saturated carbocycles. The van der Waals surface area contributed by atoms with E-state index in [2.05, 4.69) is 16.4 Å². The number of nitriles is 1. The minimum atomic E-state index is 0.608. The van der Waals surface area contributed by atoms with Crippen molar-refractivity contribution in [2.24, 2.45) is 0 Å². The fraction of sp³-hybridized carbons (Fsp3) is 0.0588. The first-order valence-corrected chi connectivity index (χ1v) is 6.92. The number of hydrogen-bond donors (Lipinski definition) is 1. The van der Waals surface area contributed by atoms with E-state index in [-0.39, 0.29) is 0 Å². The number of anilines is 1. The van der Waals surface area contributed by atoms with Crippen molar-refractivity contribution in [2.75, 3.05) is 5.32 Å². The van der Waals surface area contributed by atoms with Gasteiger partial charge < -0.3 is 5.32 Å². The van der Waals surface area contributed by atoms with Crippen molar-refractivity contribution in [3.05, 3.63) is 70.7 Å². The van der Waals surface area contributed by atoms with Gasteiger partial charge >= 0.3 is 0 Å². The van der Waals surface area contributed by atoms with Gasteiger partial charge in [-0.2, -0.15) is 5.26 Å². The van der Waals surface area contributed by atoms with Crippen LogP contribution in [0, 0.1) is 11.3 Å². The monoisotopic (exact) mass is 293 g/mol. The standard InChI is InChI=1S/C17H12ClN3/c18-14-5-3-4-12(8-14)11-20-17-9-13(10-19)15-6-1-2-7-16(15)21-17/h1-9H,11H2,(H,20,21). The van der Waals surface area contributed by atoms with E-state index in [9.17, 15) is 5.26 Å². The second-order valence-electron chi connectivity index (χ2n) is 4.67. The number of fused-ring (bicyclic) bond motifs is 1. The lowest BCUT2D eigenvalue weighted by Crippen LogP contribution is -2.02. The van der Waals surface area contributed by atoms with Gasteiger partial charge in [0.1, 0.15) is 5.82 Å². The summed E-state index contributed by atoms with van der Waals surface area (Å²) in [7, 11) is 0. The van der Waals surface area contributed by atoms with E-state index < -0.39 is 0 Å². The van der Waals surface area contributed by atoms with Crippen LogP contribution in [0.1, 0.15) is 11.1 Å². The second kappa shape index (κ2) is 5.82. The molecular weight excluding hydrogens is 282 g/mol. The zero-order valence-corrected chi connectivity index (χ0v) is 11.9. The molecule has 21 heavy (non-hydrogen) atoms. The van der Waals surface area contributed by atoms with E-state index in [1.807, 2.05) is 48.5 Å². The first-order chi connectivity index (χ1) is 10.3. The summed E-state index contributed by atoms with van der Waals surface area (Å²) < 4.78 is 0. The van der Waals surface area contributed by atoms with Crippen molar-refractivity contribution >= 4 is 28.3 Å². The van der Waals surface area contributed by atoms with Gasteiger partial charge in [-0.25, -0.2) is 4.98 Å². The van der Waals surface area contributed by atoms with Crippen LogP contribution in [0.2, 0.25) is 5.02 Å². The molecule has 1 N–H and O–H groups in total. The van der Waals surface area contributed by atoms with Crippen LogP contribution in [0.4, 0.5) is 5.82 Å². The fourth-order valence-electron chi connectivity index (χ4n) is 2.20. The first kappa shape index (κ1) is 13.4. The molecule has 0 radical (unpaired) electrons. The Morgan fingerprint density at radius 2 is 1.95 bits per heavy atom. The van der Waals surface area contributed by atoms with E-state index in [1.54, 1.807) is 6.07 Å². The van der Waals surface area contributed by atoms with Crippen molar-refractivity contribution in [1.82, 2.24) is 4.98 Å². The number of nitrogens with one attached hydrogen (secondary N) is 1. The summed E-state index contributed by atoms with van der Waals surface area (Å²) in [5.41, 5.74) is 2.50. The summed E-state index contributed by atoms with van der Waals surface area (Å²) >= 11 is 5.97. The Morgan fingerprint density at radius 1 is 1.10 bits per heavy atom. The number of nitrogens with zero attached hydrogens (tertiary/aromatic N) is 2. The topological polar surface area (TPSA) is 48.7 Å². The van der Waals surface area contributed by atoms with Gasteiger partial charge in [0.15, 0.2) is 0 Å². The maximum Gasteiger partial charge on any atom is 0.128 e. The zero-order valence-electron chi connectivity index (χ0n) is 11.2. The average molecular weight is 294 g/mol. The predicted molar refractivity (Wildman–Crippen MR) is 85.2 cm³/mol. The average Bonchev–Trinajstić information content (AvgIpc) is 2.52. The Balaban J connectivity index is 1.89. The number of rotatable bonds is 3. The molecule has 0 saturated heterocycles. The van der Waals surface area contributed by atoms with Crippen molar-refractivity contribution < 1.29 is 0 Å². The molecule has 0 fully saturated rings. The molecule has 0 unspecified atom stereocenters. The Hall–Kier alpha value is -2.57. The number of aromatic nitrogens is 1. The predicted octanol–water partition coefficient (Wildman–Crippen LogP) is 4.37. The Morgan fingerprint density at radius 3 is 2.76 bits per heavy atom. The van der Waals surface area contributed by atoms with Crippen LogP contribution in [0.3, 0.4) is 0 Å². The van der Waals surface area contributed by atoms with Gasteiger partial charge in [-0.05, 0) is 29.8 Å². The Labute approximate surface area is 127 Å². The zero-order chi connectivity index (χ0) is 14.7. The minimum Gasteiger partial charge on any atom is -0.366 e. The van der Waals surface area contributed by atoms with Crippen molar-refractivity contribution in [2.45, 2.75) is 6.54 Å². The largest absolute Gasteiger partial charge is 0.366 e. The van der Waals surface area contributed by atoms with E-state index in [4.69, 9.17) is 11.6 Å². The van der Waals surface area contributed by atoms with Gasteiger partial charge in [0, 0.05) is 17.0 Å². The number of hydrogen-bond acceptors (Lipinski definition) is 3. The molecule has 0 amide bonds. The van der Waals surface area contributed by atoms with Crippen molar-refractivity contribution in [1.29, 1.82) is 5.26 Å². The summed E-state index contributed by atoms with van der Waals surface area (Å²) in [6, 6.07) is 19.3. The number of para-hydroxylation sites is 1. The van der Waals surface area contributed by atoms with Gasteiger partial charge in [-0.3, -0.25) is 0 Å². The molecule has 0 aliphatic heterocycles. The molecule has 3 nitrogen and oxygen atoms in total. The van der Waals surface area contributed by atoms with Crippen molar-refractivity contribution in [3.63, 3.8) is 0 Å². The Bertz CT molecular complexity index is 837. The molecule has 1 heterocycles. The molecule has 2 aromatic carbocycles. The van der Waals surface area contributed by atoms with Crippen LogP contribution >= 0.6 is 11.6 Å². The quantitative estimate of drug-likeness (QED) is 0.780. The van der Waals surface area contributed by atoms with Gasteiger partial charge in [0.2, 0.25) is 0 Å². The van der Waals surface area contributed by atoms with Crippen LogP contribution < -0.4 is 5.32 Å². The fourth-order valence-corrected chi connectivity index (χ4v) is 2.41. The van der Waals surface area contributed by atoms with E-state index in [0.29, 0.717) is 22.9 Å². The minimum absolute atomic E-state index is 0.608. The summed E-state index contributed by atoms with van der Waals surface area (Å²) in [6.45, 7) is 0.608. The molecule has 4 heteroatoms. The van der Waals surface area contributed by atoms with E-state index in [1.165, 1.54) is 0 Å². The summed E-state index contributed by atoms with van der Waals surface area (Å²) in [5.74, 6) is 0.685. The highest BCUT2D eigenvalue weighted by atomic mass is 35.5. The highest BCUT2D eigenvalue weighted by molar-refractivity contribution is 6.30. The number of pyridine rings is 1. The molecule has 0 spiro atoms. The molecule has 1 aromatic heterocycles. The molecule has 102 valence electrons. The van der Waals surface area contributed by atoms with Crippen LogP contribution in [-0.4, -0.2) is 4.98 Å². The van der Waals surface area contributed by atoms with Gasteiger partial charge in [-0.1, -0.05) is 41.9 Å². The van der Waals surface area contributed by atoms with Gasteiger partial charge in [0.05, 0.1) is 17.1 Å². The summed E-state index contributed by atoms with van der Waals surface area (Å²) in [5, 5.41) is 14.1. The molecule has 3 rings (SSSR count). The normalized spacial score (nSPS) is 10.3. The molecular formula is C17H12ClN3. The third-order valence-electron chi connectivity index (χ3n) is 3.20. The molecule has 3 aromatic rings. The van der Waals surface area contributed by atoms with E-state index >= 15 is 0 Å². The molecule has 0 aliphatic carbocycles. The van der Waals surface area contributed by atoms with Crippen LogP contribution in [-0.2, 0) is 6.54 Å². The highest BCUT2D eigenvalue weighted by Crippen LogP contribution is 2.20. The summed E-state index contributed by atoms with van der Waals surface area (Å²) in [6.07, 6.45) is 0. The Kier molecular flexibility index (Phi) is 3.72. The van der Waals surface area contributed by atoms with E-state index in [0.717, 1.165) is 16.5 Å². The van der Waals surface area contributed by atoms with Crippen LogP contribution in [0.25, 0.3) is 10.9 Å². The van der Waals surface area contributed by atoms with Crippen LogP contribution in [0.15, 0.2) is 54.6 Å². The number of benzene rings is 2. The lowest BCUT2D eigenvalue weighted by atomic mass is 10.1. The lowest BCUT2D eigenvalue weighted by Gasteiger charge is -2.08. The number of halogens is 1. The third kappa shape index (κ3) is 2.96. The van der Waals surface area contributed by atoms with Gasteiger partial charge in [0.25, 0.3) is 0 Å². The first-order valence-electron chi connectivity index (χ1n) is 6.54. The maximum absolute atomic E-state index is 9.26. The molecule has 0 bridgehead atoms. The maximum atomic E-state index is 9.26.